The van der Waals surface area contributed by atoms with Crippen molar-refractivity contribution < 1.29 is 13.2 Å². The summed E-state index contributed by atoms with van der Waals surface area (Å²) in [6, 6.07) is 13.7. The van der Waals surface area contributed by atoms with E-state index in [4.69, 9.17) is 0 Å². The van der Waals surface area contributed by atoms with Crippen molar-refractivity contribution in [3.63, 3.8) is 0 Å². The quantitative estimate of drug-likeness (QED) is 0.661. The van der Waals surface area contributed by atoms with Crippen LogP contribution >= 0.6 is 0 Å². The monoisotopic (exact) mass is 457 g/mol. The molecule has 1 aliphatic rings. The summed E-state index contributed by atoms with van der Waals surface area (Å²) in [5.41, 5.74) is 3.61. The number of piperazine rings is 1. The number of carbonyl (C=O) groups is 1. The van der Waals surface area contributed by atoms with Crippen molar-refractivity contribution in [3.05, 3.63) is 64.7 Å². The van der Waals surface area contributed by atoms with E-state index in [0.29, 0.717) is 24.5 Å². The molecule has 1 N–H and O–H groups in total. The minimum atomic E-state index is -3.76. The van der Waals surface area contributed by atoms with Gasteiger partial charge >= 0.3 is 0 Å². The van der Waals surface area contributed by atoms with Crippen LogP contribution in [-0.4, -0.2) is 62.8 Å². The molecule has 0 aromatic heterocycles. The molecule has 1 amide bonds. The molecular weight excluding hydrogens is 422 g/mol. The van der Waals surface area contributed by atoms with Crippen molar-refractivity contribution in [1.82, 2.24) is 14.5 Å². The van der Waals surface area contributed by atoms with Crippen molar-refractivity contribution in [1.29, 1.82) is 0 Å². The summed E-state index contributed by atoms with van der Waals surface area (Å²) in [6.07, 6.45) is 0.185. The summed E-state index contributed by atoms with van der Waals surface area (Å²) in [5, 5.41) is 3.24. The Labute approximate surface area is 192 Å². The van der Waals surface area contributed by atoms with Crippen LogP contribution in [0, 0.1) is 20.8 Å². The minimum absolute atomic E-state index is 0.00586. The Morgan fingerprint density at radius 3 is 2.25 bits per heavy atom. The van der Waals surface area contributed by atoms with E-state index >= 15 is 0 Å². The van der Waals surface area contributed by atoms with E-state index in [1.165, 1.54) is 4.31 Å². The molecule has 32 heavy (non-hydrogen) atoms. The van der Waals surface area contributed by atoms with E-state index in [1.807, 2.05) is 75.1 Å². The van der Waals surface area contributed by atoms with Gasteiger partial charge in [0.2, 0.25) is 15.9 Å². The van der Waals surface area contributed by atoms with Gasteiger partial charge < -0.3 is 10.2 Å². The van der Waals surface area contributed by atoms with E-state index < -0.39 is 10.0 Å². The van der Waals surface area contributed by atoms with Gasteiger partial charge in [-0.15, -0.1) is 0 Å². The maximum Gasteiger partial charge on any atom is 0.243 e. The largest absolute Gasteiger partial charge is 0.340 e. The molecule has 7 heteroatoms. The van der Waals surface area contributed by atoms with Gasteiger partial charge in [0.25, 0.3) is 0 Å². The fraction of sp³-hybridized carbons (Fsp3) is 0.480. The van der Waals surface area contributed by atoms with Crippen molar-refractivity contribution in [2.75, 3.05) is 39.3 Å². The number of rotatable bonds is 8. The summed E-state index contributed by atoms with van der Waals surface area (Å²) in [7, 11) is -3.76. The topological polar surface area (TPSA) is 69.7 Å². The average molecular weight is 458 g/mol. The minimum Gasteiger partial charge on any atom is -0.340 e. The van der Waals surface area contributed by atoms with E-state index in [0.717, 1.165) is 35.3 Å². The van der Waals surface area contributed by atoms with Gasteiger partial charge in [0.1, 0.15) is 0 Å². The molecule has 0 saturated carbocycles. The van der Waals surface area contributed by atoms with Gasteiger partial charge in [-0.1, -0.05) is 55.0 Å². The first-order valence-electron chi connectivity index (χ1n) is 11.3. The smallest absolute Gasteiger partial charge is 0.243 e. The second-order valence-electron chi connectivity index (χ2n) is 8.78. The number of hydrogen-bond donors (Lipinski definition) is 1. The SMILES string of the molecule is Cc1cc(C)c(S(=O)(=O)N(CCC(=O)N2CCNCC2)C[C@H](C)c2ccccc2)c(C)c1. The molecule has 0 spiro atoms. The molecule has 174 valence electrons. The van der Waals surface area contributed by atoms with Crippen molar-refractivity contribution in [3.8, 4) is 0 Å². The molecule has 1 saturated heterocycles. The number of carbonyl (C=O) groups excluding carboxylic acids is 1. The maximum atomic E-state index is 13.8. The van der Waals surface area contributed by atoms with Crippen LogP contribution in [0.25, 0.3) is 0 Å². The van der Waals surface area contributed by atoms with Crippen LogP contribution in [0.1, 0.15) is 41.5 Å². The summed E-state index contributed by atoms with van der Waals surface area (Å²) >= 11 is 0. The zero-order valence-electron chi connectivity index (χ0n) is 19.6. The van der Waals surface area contributed by atoms with Crippen LogP contribution in [-0.2, 0) is 14.8 Å². The Balaban J connectivity index is 1.87. The zero-order chi connectivity index (χ0) is 23.3. The van der Waals surface area contributed by atoms with Crippen LogP contribution < -0.4 is 5.32 Å². The van der Waals surface area contributed by atoms with Crippen molar-refractivity contribution in [2.24, 2.45) is 0 Å². The first kappa shape index (κ1) is 24.4. The molecule has 1 heterocycles. The molecule has 1 fully saturated rings. The highest BCUT2D eigenvalue weighted by molar-refractivity contribution is 7.89. The number of aryl methyl sites for hydroxylation is 3. The molecule has 0 aliphatic carbocycles. The van der Waals surface area contributed by atoms with Crippen LogP contribution in [0.5, 0.6) is 0 Å². The lowest BCUT2D eigenvalue weighted by Crippen LogP contribution is -2.47. The van der Waals surface area contributed by atoms with Gasteiger partial charge in [0.05, 0.1) is 4.90 Å². The molecule has 2 aromatic rings. The Morgan fingerprint density at radius 1 is 1.06 bits per heavy atom. The average Bonchev–Trinajstić information content (AvgIpc) is 2.76. The number of benzene rings is 2. The summed E-state index contributed by atoms with van der Waals surface area (Å²) in [4.78, 5) is 15.0. The third kappa shape index (κ3) is 5.77. The number of nitrogens with zero attached hydrogens (tertiary/aromatic N) is 2. The van der Waals surface area contributed by atoms with Crippen LogP contribution in [0.4, 0.5) is 0 Å². The molecular formula is C25H35N3O3S. The van der Waals surface area contributed by atoms with E-state index in [2.05, 4.69) is 5.32 Å². The summed E-state index contributed by atoms with van der Waals surface area (Å²) < 4.78 is 29.2. The molecule has 1 atom stereocenters. The fourth-order valence-corrected chi connectivity index (χ4v) is 6.44. The highest BCUT2D eigenvalue weighted by atomic mass is 32.2. The van der Waals surface area contributed by atoms with Gasteiger partial charge in [0.15, 0.2) is 0 Å². The molecule has 0 bridgehead atoms. The first-order chi connectivity index (χ1) is 15.2. The summed E-state index contributed by atoms with van der Waals surface area (Å²) in [5.74, 6) is 0.0164. The van der Waals surface area contributed by atoms with Gasteiger partial charge in [-0.05, 0) is 43.4 Å². The number of sulfonamides is 1. The van der Waals surface area contributed by atoms with Crippen LogP contribution in [0.3, 0.4) is 0 Å². The lowest BCUT2D eigenvalue weighted by atomic mass is 10.0. The Kier molecular flexibility index (Phi) is 8.09. The molecule has 3 rings (SSSR count). The highest BCUT2D eigenvalue weighted by Gasteiger charge is 2.30. The molecule has 1 aliphatic heterocycles. The summed E-state index contributed by atoms with van der Waals surface area (Å²) in [6.45, 7) is 11.1. The molecule has 6 nitrogen and oxygen atoms in total. The van der Waals surface area contributed by atoms with E-state index in [9.17, 15) is 13.2 Å². The second-order valence-corrected chi connectivity index (χ2v) is 10.7. The first-order valence-corrected chi connectivity index (χ1v) is 12.8. The zero-order valence-corrected chi connectivity index (χ0v) is 20.4. The van der Waals surface area contributed by atoms with Crippen LogP contribution in [0.2, 0.25) is 0 Å². The Bertz CT molecular complexity index is 1010. The lowest BCUT2D eigenvalue weighted by Gasteiger charge is -2.30. The third-order valence-corrected chi connectivity index (χ3v) is 8.26. The maximum absolute atomic E-state index is 13.8. The lowest BCUT2D eigenvalue weighted by molar-refractivity contribution is -0.131. The van der Waals surface area contributed by atoms with Gasteiger partial charge in [-0.2, -0.15) is 4.31 Å². The number of nitrogens with one attached hydrogen (secondary N) is 1. The Hall–Kier alpha value is -2.22. The highest BCUT2D eigenvalue weighted by Crippen LogP contribution is 2.28. The molecule has 0 unspecified atom stereocenters. The molecule has 0 radical (unpaired) electrons. The van der Waals surface area contributed by atoms with Gasteiger partial charge in [-0.25, -0.2) is 8.42 Å². The third-order valence-electron chi connectivity index (χ3n) is 6.09. The Morgan fingerprint density at radius 2 is 1.66 bits per heavy atom. The fourth-order valence-electron chi connectivity index (χ4n) is 4.50. The molecule has 2 aromatic carbocycles. The van der Waals surface area contributed by atoms with Crippen molar-refractivity contribution >= 4 is 15.9 Å². The van der Waals surface area contributed by atoms with Crippen LogP contribution in [0.15, 0.2) is 47.4 Å². The van der Waals surface area contributed by atoms with Gasteiger partial charge in [-0.3, -0.25) is 4.79 Å². The predicted molar refractivity (Wildman–Crippen MR) is 128 cm³/mol. The number of hydrogen-bond acceptors (Lipinski definition) is 4. The number of amides is 1. The van der Waals surface area contributed by atoms with E-state index in [1.54, 1.807) is 0 Å². The predicted octanol–water partition coefficient (Wildman–Crippen LogP) is 3.23. The van der Waals surface area contributed by atoms with Crippen molar-refractivity contribution in [2.45, 2.75) is 44.9 Å². The standard InChI is InChI=1S/C25H35N3O3S/c1-19-16-20(2)25(21(3)17-19)32(30,31)28(18-22(4)23-8-6-5-7-9-23)13-10-24(29)27-14-11-26-12-15-27/h5-9,16-17,22,26H,10-15,18H2,1-4H3/t22-/m0/s1. The normalized spacial score (nSPS) is 15.7. The second kappa shape index (κ2) is 10.6. The van der Waals surface area contributed by atoms with E-state index in [-0.39, 0.29) is 24.8 Å². The van der Waals surface area contributed by atoms with Gasteiger partial charge in [0, 0.05) is 45.7 Å².